The van der Waals surface area contributed by atoms with Gasteiger partial charge in [0.25, 0.3) is 0 Å². The largest absolute Gasteiger partial charge is 0.493 e. The molecule has 5 nitrogen and oxygen atoms in total. The molecule has 1 aliphatic heterocycles. The molecule has 0 bridgehead atoms. The van der Waals surface area contributed by atoms with Gasteiger partial charge in [-0.2, -0.15) is 20.5 Å². The summed E-state index contributed by atoms with van der Waals surface area (Å²) in [4.78, 5) is 4.64. The maximum Gasteiger partial charge on any atom is 0.387 e. The second-order valence-electron chi connectivity index (χ2n) is 5.90. The maximum absolute atomic E-state index is 12.5. The number of halogens is 3. The van der Waals surface area contributed by atoms with Gasteiger partial charge in [-0.1, -0.05) is 6.07 Å². The van der Waals surface area contributed by atoms with E-state index in [4.69, 9.17) is 4.74 Å². The molecule has 2 N–H and O–H groups in total. The average molecular weight is 515 g/mol. The highest BCUT2D eigenvalue weighted by atomic mass is 127. The van der Waals surface area contributed by atoms with E-state index in [0.29, 0.717) is 24.0 Å². The number of nitrogens with one attached hydrogen (secondary N) is 2. The number of rotatable bonds is 9. The molecule has 2 rings (SSSR count). The summed E-state index contributed by atoms with van der Waals surface area (Å²) in [7, 11) is 1.43. The molecule has 0 aromatic heterocycles. The summed E-state index contributed by atoms with van der Waals surface area (Å²) in [5, 5.41) is 7.14. The van der Waals surface area contributed by atoms with Crippen LogP contribution in [-0.4, -0.2) is 50.3 Å². The monoisotopic (exact) mass is 515 g/mol. The Morgan fingerprint density at radius 2 is 2.15 bits per heavy atom. The highest BCUT2D eigenvalue weighted by Crippen LogP contribution is 2.29. The molecule has 9 heteroatoms. The first-order valence-electron chi connectivity index (χ1n) is 8.88. The first kappa shape index (κ1) is 24.1. The molecule has 0 saturated carbocycles. The van der Waals surface area contributed by atoms with Crippen LogP contribution < -0.4 is 20.1 Å². The second kappa shape index (κ2) is 13.2. The van der Waals surface area contributed by atoms with Crippen LogP contribution in [0.5, 0.6) is 11.5 Å². The molecule has 0 spiro atoms. The minimum Gasteiger partial charge on any atom is -0.493 e. The van der Waals surface area contributed by atoms with Crippen molar-refractivity contribution in [2.45, 2.75) is 38.0 Å². The molecule has 1 aliphatic rings. The third kappa shape index (κ3) is 8.71. The van der Waals surface area contributed by atoms with E-state index >= 15 is 0 Å². The third-order valence-corrected chi connectivity index (χ3v) is 5.35. The lowest BCUT2D eigenvalue weighted by molar-refractivity contribution is -0.0512. The average Bonchev–Trinajstić information content (AvgIpc) is 3.13. The topological polar surface area (TPSA) is 54.9 Å². The molecule has 0 aliphatic carbocycles. The number of ether oxygens (including phenoxy) is 2. The number of alkyl halides is 2. The Kier molecular flexibility index (Phi) is 11.8. The van der Waals surface area contributed by atoms with Crippen LogP contribution in [0.15, 0.2) is 23.2 Å². The number of aliphatic imine (C=N–C) groups is 1. The number of hydrogen-bond donors (Lipinski definition) is 2. The van der Waals surface area contributed by atoms with E-state index in [1.165, 1.54) is 25.7 Å². The Morgan fingerprint density at radius 1 is 1.33 bits per heavy atom. The van der Waals surface area contributed by atoms with E-state index in [0.717, 1.165) is 24.6 Å². The van der Waals surface area contributed by atoms with Crippen molar-refractivity contribution in [3.63, 3.8) is 0 Å². The van der Waals surface area contributed by atoms with Gasteiger partial charge in [0, 0.05) is 18.3 Å². The summed E-state index contributed by atoms with van der Waals surface area (Å²) in [5.74, 6) is 2.37. The van der Waals surface area contributed by atoms with Gasteiger partial charge in [-0.05, 0) is 49.6 Å². The molecular formula is C18H28F2IN3O2S. The smallest absolute Gasteiger partial charge is 0.387 e. The normalized spacial score (nSPS) is 16.8. The van der Waals surface area contributed by atoms with Gasteiger partial charge in [0.05, 0.1) is 13.7 Å². The van der Waals surface area contributed by atoms with Gasteiger partial charge in [0.1, 0.15) is 0 Å². The first-order valence-corrected chi connectivity index (χ1v) is 9.92. The molecule has 1 unspecified atom stereocenters. The van der Waals surface area contributed by atoms with Crippen molar-refractivity contribution in [2.24, 2.45) is 4.99 Å². The Labute approximate surface area is 181 Å². The molecule has 1 aromatic carbocycles. The zero-order valence-corrected chi connectivity index (χ0v) is 18.8. The lowest BCUT2D eigenvalue weighted by Crippen LogP contribution is -2.38. The van der Waals surface area contributed by atoms with Crippen LogP contribution in [0.1, 0.15) is 25.3 Å². The van der Waals surface area contributed by atoms with E-state index in [1.54, 1.807) is 12.1 Å². The number of methoxy groups -OCH3 is 1. The molecule has 1 aromatic rings. The van der Waals surface area contributed by atoms with Gasteiger partial charge in [-0.25, -0.2) is 0 Å². The fraction of sp³-hybridized carbons (Fsp3) is 0.611. The van der Waals surface area contributed by atoms with Crippen LogP contribution >= 0.6 is 35.7 Å². The number of benzene rings is 1. The zero-order chi connectivity index (χ0) is 18.8. The van der Waals surface area contributed by atoms with E-state index in [9.17, 15) is 8.78 Å². The fourth-order valence-corrected chi connectivity index (χ4v) is 3.89. The summed E-state index contributed by atoms with van der Waals surface area (Å²) in [6.45, 7) is 1.40. The van der Waals surface area contributed by atoms with Crippen molar-refractivity contribution in [3.05, 3.63) is 23.8 Å². The quantitative estimate of drug-likeness (QED) is 0.297. The Bertz CT molecular complexity index is 588. The number of thioether (sulfide) groups is 1. The molecule has 1 fully saturated rings. The van der Waals surface area contributed by atoms with Crippen LogP contribution in [0.2, 0.25) is 0 Å². The van der Waals surface area contributed by atoms with Crippen LogP contribution in [0.4, 0.5) is 8.78 Å². The van der Waals surface area contributed by atoms with Crippen molar-refractivity contribution in [2.75, 3.05) is 32.5 Å². The van der Waals surface area contributed by atoms with Gasteiger partial charge < -0.3 is 20.1 Å². The molecule has 0 amide bonds. The fourth-order valence-electron chi connectivity index (χ4n) is 2.71. The first-order chi connectivity index (χ1) is 12.6. The Balaban J connectivity index is 0.00000364. The lowest BCUT2D eigenvalue weighted by atomic mass is 10.1. The van der Waals surface area contributed by atoms with Gasteiger partial charge in [-0.3, -0.25) is 4.99 Å². The second-order valence-corrected chi connectivity index (χ2v) is 7.30. The molecule has 0 radical (unpaired) electrons. The lowest BCUT2D eigenvalue weighted by Gasteiger charge is -2.14. The molecule has 1 heterocycles. The predicted molar refractivity (Wildman–Crippen MR) is 118 cm³/mol. The van der Waals surface area contributed by atoms with Gasteiger partial charge in [0.2, 0.25) is 0 Å². The summed E-state index contributed by atoms with van der Waals surface area (Å²) < 4.78 is 34.6. The molecule has 154 valence electrons. The maximum atomic E-state index is 12.5. The molecule has 27 heavy (non-hydrogen) atoms. The molecule has 1 atom stereocenters. The van der Waals surface area contributed by atoms with E-state index in [2.05, 4.69) is 20.4 Å². The van der Waals surface area contributed by atoms with E-state index in [-0.39, 0.29) is 29.7 Å². The van der Waals surface area contributed by atoms with Crippen molar-refractivity contribution < 1.29 is 18.3 Å². The van der Waals surface area contributed by atoms with Crippen molar-refractivity contribution in [1.29, 1.82) is 0 Å². The highest BCUT2D eigenvalue weighted by molar-refractivity contribution is 14.0. The minimum absolute atomic E-state index is 0. The summed E-state index contributed by atoms with van der Waals surface area (Å²) >= 11 is 1.98. The summed E-state index contributed by atoms with van der Waals surface area (Å²) in [5.41, 5.74) is 0.885. The standard InChI is InChI=1S/C18H27F2N3O2S.HI/c1-3-21-18(23-12-14-5-4-10-26-14)22-9-8-13-6-7-15(24-2)16(11-13)25-17(19)20;/h6-7,11,14,17H,3-5,8-10,12H2,1-2H3,(H2,21,22,23);1H. The molecule has 1 saturated heterocycles. The number of guanidine groups is 1. The zero-order valence-electron chi connectivity index (χ0n) is 15.7. The van der Waals surface area contributed by atoms with Gasteiger partial charge >= 0.3 is 6.61 Å². The van der Waals surface area contributed by atoms with Crippen molar-refractivity contribution >= 4 is 41.7 Å². The van der Waals surface area contributed by atoms with E-state index in [1.807, 2.05) is 24.8 Å². The van der Waals surface area contributed by atoms with Gasteiger partial charge in [-0.15, -0.1) is 24.0 Å². The highest BCUT2D eigenvalue weighted by Gasteiger charge is 2.15. The SMILES string of the molecule is CCNC(=NCC1CCCS1)NCCc1ccc(OC)c(OC(F)F)c1.I. The third-order valence-electron chi connectivity index (χ3n) is 3.97. The van der Waals surface area contributed by atoms with Crippen LogP contribution in [0, 0.1) is 0 Å². The van der Waals surface area contributed by atoms with Crippen LogP contribution in [0.25, 0.3) is 0 Å². The van der Waals surface area contributed by atoms with Crippen LogP contribution in [-0.2, 0) is 6.42 Å². The van der Waals surface area contributed by atoms with Gasteiger partial charge in [0.15, 0.2) is 17.5 Å². The summed E-state index contributed by atoms with van der Waals surface area (Å²) in [6, 6.07) is 5.08. The van der Waals surface area contributed by atoms with Crippen LogP contribution in [0.3, 0.4) is 0 Å². The molecular weight excluding hydrogens is 487 g/mol. The number of hydrogen-bond acceptors (Lipinski definition) is 4. The number of nitrogens with zero attached hydrogens (tertiary/aromatic N) is 1. The van der Waals surface area contributed by atoms with E-state index < -0.39 is 6.61 Å². The minimum atomic E-state index is -2.88. The van der Waals surface area contributed by atoms with Crippen molar-refractivity contribution in [3.8, 4) is 11.5 Å². The Morgan fingerprint density at radius 3 is 2.78 bits per heavy atom. The van der Waals surface area contributed by atoms with Crippen molar-refractivity contribution in [1.82, 2.24) is 10.6 Å². The summed E-state index contributed by atoms with van der Waals surface area (Å²) in [6.07, 6.45) is 3.16. The predicted octanol–water partition coefficient (Wildman–Crippen LogP) is 3.91. The Hall–Kier alpha value is -0.970.